The normalized spacial score (nSPS) is 16.4. The number of nitrogens with one attached hydrogen (secondary N) is 2. The van der Waals surface area contributed by atoms with Crippen LogP contribution in [0.2, 0.25) is 0 Å². The molecule has 7 nitrogen and oxygen atoms in total. The number of hydrogen-bond donors (Lipinski definition) is 2. The van der Waals surface area contributed by atoms with Crippen LogP contribution in [0.4, 0.5) is 5.82 Å². The van der Waals surface area contributed by atoms with E-state index in [1.807, 2.05) is 29.0 Å². The summed E-state index contributed by atoms with van der Waals surface area (Å²) < 4.78 is 7.22. The first-order valence-electron chi connectivity index (χ1n) is 7.08. The van der Waals surface area contributed by atoms with Gasteiger partial charge in [0.15, 0.2) is 5.65 Å². The zero-order chi connectivity index (χ0) is 14.1. The quantitative estimate of drug-likeness (QED) is 0.765. The zero-order valence-corrected chi connectivity index (χ0v) is 11.5. The second-order valence-electron chi connectivity index (χ2n) is 5.15. The van der Waals surface area contributed by atoms with E-state index in [1.54, 1.807) is 6.20 Å². The van der Waals surface area contributed by atoms with Gasteiger partial charge in [0.25, 0.3) is 0 Å². The molecule has 0 amide bonds. The Bertz CT molecular complexity index is 729. The molecule has 3 aromatic heterocycles. The molecule has 0 aliphatic carbocycles. The van der Waals surface area contributed by atoms with E-state index in [2.05, 4.69) is 25.6 Å². The van der Waals surface area contributed by atoms with E-state index in [1.165, 1.54) is 0 Å². The van der Waals surface area contributed by atoms with Crippen molar-refractivity contribution in [3.8, 4) is 11.3 Å². The van der Waals surface area contributed by atoms with E-state index in [4.69, 9.17) is 4.74 Å². The topological polar surface area (TPSA) is 80.1 Å². The van der Waals surface area contributed by atoms with Crippen LogP contribution in [0.3, 0.4) is 0 Å². The number of fused-ring (bicyclic) bond motifs is 1. The molecule has 21 heavy (non-hydrogen) atoms. The third-order valence-electron chi connectivity index (χ3n) is 3.73. The molecular weight excluding hydrogens is 268 g/mol. The highest BCUT2D eigenvalue weighted by molar-refractivity contribution is 5.62. The molecule has 1 aliphatic rings. The fraction of sp³-hybridized carbons (Fsp3) is 0.357. The molecule has 0 aromatic carbocycles. The number of rotatable bonds is 3. The molecule has 0 atom stereocenters. The molecule has 4 heterocycles. The smallest absolute Gasteiger partial charge is 0.154 e. The highest BCUT2D eigenvalue weighted by atomic mass is 16.5. The summed E-state index contributed by atoms with van der Waals surface area (Å²) in [6, 6.07) is 4.36. The largest absolute Gasteiger partial charge is 0.381 e. The Morgan fingerprint density at radius 2 is 2.14 bits per heavy atom. The van der Waals surface area contributed by atoms with Crippen LogP contribution in [0, 0.1) is 0 Å². The van der Waals surface area contributed by atoms with Crippen molar-refractivity contribution in [3.05, 3.63) is 30.7 Å². The molecule has 1 fully saturated rings. The van der Waals surface area contributed by atoms with Gasteiger partial charge in [0, 0.05) is 31.0 Å². The van der Waals surface area contributed by atoms with Gasteiger partial charge in [-0.1, -0.05) is 0 Å². The lowest BCUT2D eigenvalue weighted by Gasteiger charge is -2.23. The van der Waals surface area contributed by atoms with Gasteiger partial charge in [0.1, 0.15) is 5.82 Å². The maximum absolute atomic E-state index is 5.38. The number of ether oxygens (including phenoxy) is 1. The Morgan fingerprint density at radius 1 is 1.24 bits per heavy atom. The average molecular weight is 284 g/mol. The molecule has 1 saturated heterocycles. The average Bonchev–Trinajstić information content (AvgIpc) is 3.16. The van der Waals surface area contributed by atoms with Crippen molar-refractivity contribution in [2.45, 2.75) is 18.9 Å². The SMILES string of the molecule is c1n[nH]cc1-c1cnc2ccc(NC3CCOCC3)nn12. The number of H-pyrrole nitrogens is 1. The summed E-state index contributed by atoms with van der Waals surface area (Å²) in [5.74, 6) is 0.858. The molecule has 0 spiro atoms. The zero-order valence-electron chi connectivity index (χ0n) is 11.5. The number of aromatic nitrogens is 5. The second-order valence-corrected chi connectivity index (χ2v) is 5.15. The van der Waals surface area contributed by atoms with Gasteiger partial charge in [-0.3, -0.25) is 5.10 Å². The van der Waals surface area contributed by atoms with Crippen molar-refractivity contribution in [1.82, 2.24) is 24.8 Å². The molecule has 108 valence electrons. The summed E-state index contributed by atoms with van der Waals surface area (Å²) in [5, 5.41) is 14.9. The summed E-state index contributed by atoms with van der Waals surface area (Å²) in [6.07, 6.45) is 7.44. The molecular formula is C14H16N6O. The van der Waals surface area contributed by atoms with Gasteiger partial charge < -0.3 is 10.1 Å². The van der Waals surface area contributed by atoms with E-state index < -0.39 is 0 Å². The van der Waals surface area contributed by atoms with Crippen LogP contribution in [0.15, 0.2) is 30.7 Å². The van der Waals surface area contributed by atoms with Crippen molar-refractivity contribution >= 4 is 11.5 Å². The molecule has 0 radical (unpaired) electrons. The Labute approximate surface area is 121 Å². The molecule has 0 unspecified atom stereocenters. The van der Waals surface area contributed by atoms with Gasteiger partial charge in [-0.25, -0.2) is 9.50 Å². The Morgan fingerprint density at radius 3 is 2.95 bits per heavy atom. The van der Waals surface area contributed by atoms with Crippen molar-refractivity contribution in [3.63, 3.8) is 0 Å². The molecule has 0 bridgehead atoms. The number of nitrogens with zero attached hydrogens (tertiary/aromatic N) is 4. The molecule has 7 heteroatoms. The van der Waals surface area contributed by atoms with Crippen LogP contribution in [-0.2, 0) is 4.74 Å². The van der Waals surface area contributed by atoms with Crippen LogP contribution in [0.5, 0.6) is 0 Å². The van der Waals surface area contributed by atoms with E-state index in [9.17, 15) is 0 Å². The minimum atomic E-state index is 0.421. The number of imidazole rings is 1. The molecule has 4 rings (SSSR count). The summed E-state index contributed by atoms with van der Waals surface area (Å²) in [7, 11) is 0. The van der Waals surface area contributed by atoms with Crippen LogP contribution in [0.1, 0.15) is 12.8 Å². The maximum atomic E-state index is 5.38. The Balaban J connectivity index is 1.66. The predicted octanol–water partition coefficient (Wildman–Crippen LogP) is 1.71. The van der Waals surface area contributed by atoms with Crippen LogP contribution in [0.25, 0.3) is 16.9 Å². The lowest BCUT2D eigenvalue weighted by atomic mass is 10.1. The first-order chi connectivity index (χ1) is 10.4. The first kappa shape index (κ1) is 12.3. The van der Waals surface area contributed by atoms with Crippen LogP contribution < -0.4 is 5.32 Å². The summed E-state index contributed by atoms with van der Waals surface area (Å²) in [5.41, 5.74) is 2.72. The van der Waals surface area contributed by atoms with Crippen molar-refractivity contribution in [2.75, 3.05) is 18.5 Å². The van der Waals surface area contributed by atoms with Gasteiger partial charge in [0.05, 0.1) is 18.1 Å². The second kappa shape index (κ2) is 5.17. The Kier molecular flexibility index (Phi) is 3.04. The van der Waals surface area contributed by atoms with Gasteiger partial charge in [-0.05, 0) is 25.0 Å². The fourth-order valence-electron chi connectivity index (χ4n) is 2.59. The summed E-state index contributed by atoms with van der Waals surface area (Å²) in [4.78, 5) is 4.37. The maximum Gasteiger partial charge on any atom is 0.154 e. The van der Waals surface area contributed by atoms with E-state index >= 15 is 0 Å². The lowest BCUT2D eigenvalue weighted by Crippen LogP contribution is -2.28. The van der Waals surface area contributed by atoms with Crippen molar-refractivity contribution < 1.29 is 4.74 Å². The monoisotopic (exact) mass is 284 g/mol. The van der Waals surface area contributed by atoms with Crippen LogP contribution >= 0.6 is 0 Å². The van der Waals surface area contributed by atoms with Crippen molar-refractivity contribution in [2.24, 2.45) is 0 Å². The van der Waals surface area contributed by atoms with Gasteiger partial charge in [-0.15, -0.1) is 5.10 Å². The van der Waals surface area contributed by atoms with E-state index in [-0.39, 0.29) is 0 Å². The van der Waals surface area contributed by atoms with Gasteiger partial charge in [0.2, 0.25) is 0 Å². The lowest BCUT2D eigenvalue weighted by molar-refractivity contribution is 0.0903. The van der Waals surface area contributed by atoms with Crippen LogP contribution in [-0.4, -0.2) is 44.1 Å². The van der Waals surface area contributed by atoms with E-state index in [0.717, 1.165) is 48.8 Å². The third kappa shape index (κ3) is 2.36. The standard InChI is InChI=1S/C14H16N6O/c1-2-14-15-9-12(10-7-16-17-8-10)20(14)19-13(1)18-11-3-5-21-6-4-11/h1-2,7-9,11H,3-6H2,(H,16,17)(H,18,19). The fourth-order valence-corrected chi connectivity index (χ4v) is 2.59. The predicted molar refractivity (Wildman–Crippen MR) is 78.0 cm³/mol. The molecule has 1 aliphatic heterocycles. The molecule has 3 aromatic rings. The first-order valence-corrected chi connectivity index (χ1v) is 7.08. The van der Waals surface area contributed by atoms with E-state index in [0.29, 0.717) is 6.04 Å². The van der Waals surface area contributed by atoms with Gasteiger partial charge >= 0.3 is 0 Å². The van der Waals surface area contributed by atoms with Gasteiger partial charge in [-0.2, -0.15) is 5.10 Å². The highest BCUT2D eigenvalue weighted by Crippen LogP contribution is 2.20. The molecule has 0 saturated carbocycles. The molecule has 2 N–H and O–H groups in total. The highest BCUT2D eigenvalue weighted by Gasteiger charge is 2.15. The minimum Gasteiger partial charge on any atom is -0.381 e. The summed E-state index contributed by atoms with van der Waals surface area (Å²) in [6.45, 7) is 1.62. The number of aromatic amines is 1. The number of hydrogen-bond acceptors (Lipinski definition) is 5. The Hall–Kier alpha value is -2.41. The minimum absolute atomic E-state index is 0.421. The third-order valence-corrected chi connectivity index (χ3v) is 3.73. The van der Waals surface area contributed by atoms with Crippen molar-refractivity contribution in [1.29, 1.82) is 0 Å². The summed E-state index contributed by atoms with van der Waals surface area (Å²) >= 11 is 0. The number of anilines is 1.